The normalized spacial score (nSPS) is 23.1. The van der Waals surface area contributed by atoms with Gasteiger partial charge in [0.25, 0.3) is 0 Å². The lowest BCUT2D eigenvalue weighted by Gasteiger charge is -2.32. The van der Waals surface area contributed by atoms with E-state index in [1.165, 1.54) is 13.5 Å². The number of benzene rings is 1. The third-order valence-electron chi connectivity index (χ3n) is 4.76. The van der Waals surface area contributed by atoms with Crippen LogP contribution in [0.25, 0.3) is 0 Å². The molecule has 2 aliphatic rings. The first-order valence-corrected chi connectivity index (χ1v) is 8.16. The van der Waals surface area contributed by atoms with Gasteiger partial charge in [-0.3, -0.25) is 19.9 Å². The van der Waals surface area contributed by atoms with Crippen LogP contribution in [-0.4, -0.2) is 67.1 Å². The lowest BCUT2D eigenvalue weighted by atomic mass is 10.1. The van der Waals surface area contributed by atoms with Gasteiger partial charge in [0.1, 0.15) is 0 Å². The molecule has 126 valence electrons. The molecule has 23 heavy (non-hydrogen) atoms. The molecule has 2 heterocycles. The molecule has 1 aromatic rings. The van der Waals surface area contributed by atoms with E-state index < -0.39 is 0 Å². The van der Waals surface area contributed by atoms with Crippen molar-refractivity contribution in [3.8, 4) is 5.75 Å². The summed E-state index contributed by atoms with van der Waals surface area (Å²) in [5.74, 6) is 0.318. The fourth-order valence-electron chi connectivity index (χ4n) is 3.54. The van der Waals surface area contributed by atoms with E-state index in [9.17, 15) is 10.1 Å². The number of nitro benzene ring substituents is 1. The summed E-state index contributed by atoms with van der Waals surface area (Å²) in [5, 5.41) is 14.5. The highest BCUT2D eigenvalue weighted by atomic mass is 16.6. The molecule has 2 aliphatic heterocycles. The number of methoxy groups -OCH3 is 1. The molecule has 7 nitrogen and oxygen atoms in total. The Hall–Kier alpha value is -1.70. The maximum Gasteiger partial charge on any atom is 0.311 e. The molecule has 2 saturated heterocycles. The predicted octanol–water partition coefficient (Wildman–Crippen LogP) is 1.08. The van der Waals surface area contributed by atoms with Gasteiger partial charge in [-0.05, 0) is 18.1 Å². The number of rotatable bonds is 5. The second kappa shape index (κ2) is 7.25. The molecule has 0 amide bonds. The standard InChI is InChI=1S/C16H24N4O3/c1-23-16-3-2-13(10-15(16)20(21)22)11-18-7-4-14(12-18)19-8-5-17-6-9-19/h2-3,10,14,17H,4-9,11-12H2,1H3. The summed E-state index contributed by atoms with van der Waals surface area (Å²) in [5.41, 5.74) is 1.02. The second-order valence-corrected chi connectivity index (χ2v) is 6.23. The van der Waals surface area contributed by atoms with Gasteiger partial charge in [-0.25, -0.2) is 0 Å². The summed E-state index contributed by atoms with van der Waals surface area (Å²) in [7, 11) is 1.46. The quantitative estimate of drug-likeness (QED) is 0.647. The van der Waals surface area contributed by atoms with Crippen molar-refractivity contribution in [2.45, 2.75) is 19.0 Å². The van der Waals surface area contributed by atoms with Crippen LogP contribution in [0.3, 0.4) is 0 Å². The van der Waals surface area contributed by atoms with Crippen LogP contribution in [-0.2, 0) is 6.54 Å². The third-order valence-corrected chi connectivity index (χ3v) is 4.76. The summed E-state index contributed by atoms with van der Waals surface area (Å²) >= 11 is 0. The Kier molecular flexibility index (Phi) is 5.09. The fourth-order valence-corrected chi connectivity index (χ4v) is 3.54. The molecule has 7 heteroatoms. The monoisotopic (exact) mass is 320 g/mol. The topological polar surface area (TPSA) is 70.9 Å². The van der Waals surface area contributed by atoms with Crippen LogP contribution in [0.4, 0.5) is 5.69 Å². The number of likely N-dealkylation sites (tertiary alicyclic amines) is 1. The summed E-state index contributed by atoms with van der Waals surface area (Å²) in [4.78, 5) is 15.7. The van der Waals surface area contributed by atoms with Crippen molar-refractivity contribution >= 4 is 5.69 Å². The first-order chi connectivity index (χ1) is 11.2. The maximum atomic E-state index is 11.1. The highest BCUT2D eigenvalue weighted by Crippen LogP contribution is 2.28. The van der Waals surface area contributed by atoms with E-state index in [1.807, 2.05) is 6.07 Å². The highest BCUT2D eigenvalue weighted by Gasteiger charge is 2.28. The van der Waals surface area contributed by atoms with Crippen LogP contribution in [0.1, 0.15) is 12.0 Å². The van der Waals surface area contributed by atoms with Gasteiger partial charge >= 0.3 is 5.69 Å². The number of hydrogen-bond acceptors (Lipinski definition) is 6. The Morgan fingerprint density at radius 3 is 2.83 bits per heavy atom. The zero-order valence-electron chi connectivity index (χ0n) is 13.5. The number of piperazine rings is 1. The van der Waals surface area contributed by atoms with Gasteiger partial charge in [-0.1, -0.05) is 6.07 Å². The highest BCUT2D eigenvalue weighted by molar-refractivity contribution is 5.48. The minimum Gasteiger partial charge on any atom is -0.490 e. The first kappa shape index (κ1) is 16.2. The van der Waals surface area contributed by atoms with E-state index in [0.717, 1.165) is 51.4 Å². The molecule has 0 radical (unpaired) electrons. The maximum absolute atomic E-state index is 11.1. The lowest BCUT2D eigenvalue weighted by Crippen LogP contribution is -2.49. The number of hydrogen-bond donors (Lipinski definition) is 1. The second-order valence-electron chi connectivity index (χ2n) is 6.23. The van der Waals surface area contributed by atoms with E-state index in [1.54, 1.807) is 12.1 Å². The van der Waals surface area contributed by atoms with Crippen molar-refractivity contribution < 1.29 is 9.66 Å². The van der Waals surface area contributed by atoms with Gasteiger partial charge in [-0.15, -0.1) is 0 Å². The van der Waals surface area contributed by atoms with Crippen molar-refractivity contribution in [2.75, 3.05) is 46.4 Å². The number of nitrogens with one attached hydrogen (secondary N) is 1. The van der Waals surface area contributed by atoms with E-state index in [2.05, 4.69) is 15.1 Å². The van der Waals surface area contributed by atoms with Crippen LogP contribution in [0.5, 0.6) is 5.75 Å². The van der Waals surface area contributed by atoms with Gasteiger partial charge in [0.05, 0.1) is 12.0 Å². The summed E-state index contributed by atoms with van der Waals surface area (Å²) in [6.45, 7) is 7.23. The number of nitro groups is 1. The SMILES string of the molecule is COc1ccc(CN2CCC(N3CCNCC3)C2)cc1[N+](=O)[O-]. The zero-order valence-corrected chi connectivity index (χ0v) is 13.5. The molecule has 2 fully saturated rings. The Labute approximate surface area is 136 Å². The predicted molar refractivity (Wildman–Crippen MR) is 87.8 cm³/mol. The van der Waals surface area contributed by atoms with Crippen LogP contribution < -0.4 is 10.1 Å². The molecule has 1 N–H and O–H groups in total. The lowest BCUT2D eigenvalue weighted by molar-refractivity contribution is -0.385. The molecular formula is C16H24N4O3. The Bertz CT molecular complexity index is 560. The molecular weight excluding hydrogens is 296 g/mol. The molecule has 3 rings (SSSR count). The fraction of sp³-hybridized carbons (Fsp3) is 0.625. The van der Waals surface area contributed by atoms with E-state index in [-0.39, 0.29) is 10.6 Å². The summed E-state index contributed by atoms with van der Waals surface area (Å²) in [6.07, 6.45) is 1.18. The van der Waals surface area contributed by atoms with Gasteiger partial charge in [-0.2, -0.15) is 0 Å². The van der Waals surface area contributed by atoms with Crippen molar-refractivity contribution in [1.82, 2.24) is 15.1 Å². The molecule has 1 atom stereocenters. The van der Waals surface area contributed by atoms with Gasteiger partial charge in [0.15, 0.2) is 5.75 Å². The summed E-state index contributed by atoms with van der Waals surface area (Å²) < 4.78 is 5.06. The van der Waals surface area contributed by atoms with E-state index in [4.69, 9.17) is 4.74 Å². The van der Waals surface area contributed by atoms with Crippen molar-refractivity contribution in [1.29, 1.82) is 0 Å². The molecule has 1 aromatic carbocycles. The van der Waals surface area contributed by atoms with Crippen LogP contribution >= 0.6 is 0 Å². The summed E-state index contributed by atoms with van der Waals surface area (Å²) in [6, 6.07) is 5.86. The van der Waals surface area contributed by atoms with Gasteiger partial charge in [0.2, 0.25) is 0 Å². The molecule has 1 unspecified atom stereocenters. The van der Waals surface area contributed by atoms with Crippen molar-refractivity contribution in [2.24, 2.45) is 0 Å². The molecule has 0 bridgehead atoms. The minimum atomic E-state index is -0.379. The first-order valence-electron chi connectivity index (χ1n) is 8.16. The molecule has 0 aliphatic carbocycles. The zero-order chi connectivity index (χ0) is 16.2. The van der Waals surface area contributed by atoms with E-state index >= 15 is 0 Å². The minimum absolute atomic E-state index is 0.0443. The van der Waals surface area contributed by atoms with Crippen molar-refractivity contribution in [3.05, 3.63) is 33.9 Å². The number of nitrogens with zero attached hydrogens (tertiary/aromatic N) is 3. The molecule has 0 spiro atoms. The Balaban J connectivity index is 1.61. The largest absolute Gasteiger partial charge is 0.490 e. The Morgan fingerprint density at radius 2 is 2.13 bits per heavy atom. The van der Waals surface area contributed by atoms with Crippen LogP contribution in [0.15, 0.2) is 18.2 Å². The smallest absolute Gasteiger partial charge is 0.311 e. The molecule has 0 saturated carbocycles. The Morgan fingerprint density at radius 1 is 1.35 bits per heavy atom. The average molecular weight is 320 g/mol. The van der Waals surface area contributed by atoms with Gasteiger partial charge in [0, 0.05) is 57.9 Å². The third kappa shape index (κ3) is 3.80. The van der Waals surface area contributed by atoms with Crippen LogP contribution in [0, 0.1) is 10.1 Å². The molecule has 0 aromatic heterocycles. The van der Waals surface area contributed by atoms with Gasteiger partial charge < -0.3 is 10.1 Å². The van der Waals surface area contributed by atoms with E-state index in [0.29, 0.717) is 11.8 Å². The van der Waals surface area contributed by atoms with Crippen LogP contribution in [0.2, 0.25) is 0 Å². The number of ether oxygens (including phenoxy) is 1. The average Bonchev–Trinajstić information content (AvgIpc) is 3.04. The van der Waals surface area contributed by atoms with Crippen molar-refractivity contribution in [3.63, 3.8) is 0 Å².